The number of nitrogens with zero attached hydrogens (tertiary/aromatic N) is 1. The highest BCUT2D eigenvalue weighted by Gasteiger charge is 2.24. The van der Waals surface area contributed by atoms with Gasteiger partial charge in [-0.05, 0) is 43.1 Å². The van der Waals surface area contributed by atoms with Crippen molar-refractivity contribution < 1.29 is 9.47 Å². The van der Waals surface area contributed by atoms with Gasteiger partial charge in [0.25, 0.3) is 0 Å². The fraction of sp³-hybridized carbons (Fsp3) is 0.571. The summed E-state index contributed by atoms with van der Waals surface area (Å²) < 4.78 is 10.7. The van der Waals surface area contributed by atoms with Gasteiger partial charge >= 0.3 is 0 Å². The quantitative estimate of drug-likeness (QED) is 0.804. The molecule has 0 saturated heterocycles. The molecule has 1 aromatic rings. The van der Waals surface area contributed by atoms with Crippen LogP contribution in [0.3, 0.4) is 0 Å². The summed E-state index contributed by atoms with van der Waals surface area (Å²) in [6.45, 7) is 6.69. The summed E-state index contributed by atoms with van der Waals surface area (Å²) in [6, 6.07) is 4.71. The molecule has 1 aromatic carbocycles. The van der Waals surface area contributed by atoms with E-state index in [2.05, 4.69) is 30.9 Å². The zero-order chi connectivity index (χ0) is 12.4. The predicted octanol–water partition coefficient (Wildman–Crippen LogP) is 2.64. The van der Waals surface area contributed by atoms with Crippen molar-refractivity contribution in [1.29, 1.82) is 0 Å². The molecular formula is C14H21NO2. The molecule has 0 spiro atoms. The minimum Gasteiger partial charge on any atom is -0.493 e. The van der Waals surface area contributed by atoms with Crippen molar-refractivity contribution in [3.8, 4) is 11.5 Å². The van der Waals surface area contributed by atoms with Crippen LogP contribution in [0.15, 0.2) is 12.1 Å². The molecule has 3 nitrogen and oxygen atoms in total. The van der Waals surface area contributed by atoms with Crippen molar-refractivity contribution in [1.82, 2.24) is 4.90 Å². The van der Waals surface area contributed by atoms with Gasteiger partial charge in [-0.1, -0.05) is 6.92 Å². The smallest absolute Gasteiger partial charge is 0.161 e. The van der Waals surface area contributed by atoms with Crippen molar-refractivity contribution in [2.24, 2.45) is 0 Å². The van der Waals surface area contributed by atoms with Crippen LogP contribution in [0.4, 0.5) is 0 Å². The Labute approximate surface area is 103 Å². The van der Waals surface area contributed by atoms with Crippen LogP contribution >= 0.6 is 0 Å². The number of benzene rings is 1. The molecule has 1 aliphatic rings. The first-order valence-corrected chi connectivity index (χ1v) is 6.20. The molecule has 3 heteroatoms. The topological polar surface area (TPSA) is 21.7 Å². The summed E-state index contributed by atoms with van der Waals surface area (Å²) in [7, 11) is 3.38. The molecular weight excluding hydrogens is 214 g/mol. The van der Waals surface area contributed by atoms with Crippen LogP contribution in [-0.4, -0.2) is 32.2 Å². The van der Waals surface area contributed by atoms with Gasteiger partial charge in [0.15, 0.2) is 11.5 Å². The molecule has 0 fully saturated rings. The van der Waals surface area contributed by atoms with E-state index in [4.69, 9.17) is 9.47 Å². The van der Waals surface area contributed by atoms with Crippen LogP contribution in [-0.2, 0) is 6.42 Å². The van der Waals surface area contributed by atoms with Crippen LogP contribution < -0.4 is 9.47 Å². The minimum atomic E-state index is 0.462. The van der Waals surface area contributed by atoms with Gasteiger partial charge in [0.2, 0.25) is 0 Å². The van der Waals surface area contributed by atoms with Crippen LogP contribution in [0.25, 0.3) is 0 Å². The number of hydrogen-bond donors (Lipinski definition) is 0. The molecule has 0 aromatic heterocycles. The Morgan fingerprint density at radius 2 is 1.88 bits per heavy atom. The summed E-state index contributed by atoms with van der Waals surface area (Å²) in [4.78, 5) is 2.48. The number of fused-ring (bicyclic) bond motifs is 1. The molecule has 0 amide bonds. The van der Waals surface area contributed by atoms with Gasteiger partial charge in [-0.15, -0.1) is 0 Å². The van der Waals surface area contributed by atoms with Gasteiger partial charge in [-0.2, -0.15) is 0 Å². The third-order valence-electron chi connectivity index (χ3n) is 3.72. The predicted molar refractivity (Wildman–Crippen MR) is 68.9 cm³/mol. The Bertz CT molecular complexity index is 403. The number of ether oxygens (including phenoxy) is 2. The van der Waals surface area contributed by atoms with E-state index in [0.29, 0.717) is 6.04 Å². The number of methoxy groups -OCH3 is 2. The summed E-state index contributed by atoms with van der Waals surface area (Å²) in [5.41, 5.74) is 2.76. The maximum Gasteiger partial charge on any atom is 0.161 e. The highest BCUT2D eigenvalue weighted by molar-refractivity contribution is 5.49. The molecule has 1 unspecified atom stereocenters. The van der Waals surface area contributed by atoms with Crippen LogP contribution in [0.2, 0.25) is 0 Å². The average Bonchev–Trinajstić information content (AvgIpc) is 2.38. The first-order chi connectivity index (χ1) is 8.21. The molecule has 1 atom stereocenters. The van der Waals surface area contributed by atoms with Gasteiger partial charge in [0.1, 0.15) is 0 Å². The highest BCUT2D eigenvalue weighted by Crippen LogP contribution is 2.37. The second kappa shape index (κ2) is 4.96. The molecule has 0 saturated carbocycles. The van der Waals surface area contributed by atoms with Crippen LogP contribution in [0, 0.1) is 0 Å². The van der Waals surface area contributed by atoms with Crippen molar-refractivity contribution >= 4 is 0 Å². The van der Waals surface area contributed by atoms with Crippen LogP contribution in [0.1, 0.15) is 31.0 Å². The Kier molecular flexibility index (Phi) is 3.57. The Balaban J connectivity index is 2.43. The second-order valence-corrected chi connectivity index (χ2v) is 4.46. The van der Waals surface area contributed by atoms with E-state index < -0.39 is 0 Å². The molecule has 0 aliphatic carbocycles. The molecule has 0 N–H and O–H groups in total. The largest absolute Gasteiger partial charge is 0.493 e. The number of rotatable bonds is 3. The van der Waals surface area contributed by atoms with Gasteiger partial charge in [-0.25, -0.2) is 0 Å². The van der Waals surface area contributed by atoms with Gasteiger partial charge in [-0.3, -0.25) is 4.90 Å². The Morgan fingerprint density at radius 3 is 2.47 bits per heavy atom. The Morgan fingerprint density at radius 1 is 1.24 bits per heavy atom. The molecule has 1 heterocycles. The lowest BCUT2D eigenvalue weighted by molar-refractivity contribution is 0.208. The third kappa shape index (κ3) is 2.12. The fourth-order valence-corrected chi connectivity index (χ4v) is 2.63. The van der Waals surface area contributed by atoms with Crippen molar-refractivity contribution in [2.75, 3.05) is 27.3 Å². The summed E-state index contributed by atoms with van der Waals surface area (Å²) in [5.74, 6) is 1.67. The first-order valence-electron chi connectivity index (χ1n) is 6.20. The normalized spacial score (nSPS) is 19.9. The lowest BCUT2D eigenvalue weighted by Crippen LogP contribution is -2.33. The van der Waals surface area contributed by atoms with E-state index in [1.807, 2.05) is 0 Å². The maximum atomic E-state index is 5.38. The highest BCUT2D eigenvalue weighted by atomic mass is 16.5. The third-order valence-corrected chi connectivity index (χ3v) is 3.72. The summed E-state index contributed by atoms with van der Waals surface area (Å²) in [5, 5.41) is 0. The zero-order valence-corrected chi connectivity index (χ0v) is 11.1. The molecule has 1 aliphatic heterocycles. The van der Waals surface area contributed by atoms with E-state index in [1.165, 1.54) is 11.1 Å². The second-order valence-electron chi connectivity index (χ2n) is 4.46. The molecule has 0 bridgehead atoms. The standard InChI is InChI=1S/C14H21NO2/c1-5-15-7-6-11-8-13(16-3)14(17-4)9-12(11)10(15)2/h8-10H,5-7H2,1-4H3. The monoisotopic (exact) mass is 235 g/mol. The van der Waals surface area contributed by atoms with E-state index >= 15 is 0 Å². The first kappa shape index (κ1) is 12.2. The van der Waals surface area contributed by atoms with Crippen molar-refractivity contribution in [3.63, 3.8) is 0 Å². The lowest BCUT2D eigenvalue weighted by atomic mass is 9.93. The summed E-state index contributed by atoms with van der Waals surface area (Å²) in [6.07, 6.45) is 1.09. The van der Waals surface area contributed by atoms with Crippen molar-refractivity contribution in [3.05, 3.63) is 23.3 Å². The zero-order valence-electron chi connectivity index (χ0n) is 11.1. The minimum absolute atomic E-state index is 0.462. The van der Waals surface area contributed by atoms with Gasteiger partial charge < -0.3 is 9.47 Å². The SMILES string of the molecule is CCN1CCc2cc(OC)c(OC)cc2C1C. The van der Waals surface area contributed by atoms with E-state index in [0.717, 1.165) is 31.0 Å². The van der Waals surface area contributed by atoms with Crippen molar-refractivity contribution in [2.45, 2.75) is 26.3 Å². The van der Waals surface area contributed by atoms with Gasteiger partial charge in [0.05, 0.1) is 14.2 Å². The average molecular weight is 235 g/mol. The van der Waals surface area contributed by atoms with E-state index in [1.54, 1.807) is 14.2 Å². The lowest BCUT2D eigenvalue weighted by Gasteiger charge is -2.34. The molecule has 2 rings (SSSR count). The fourth-order valence-electron chi connectivity index (χ4n) is 2.63. The van der Waals surface area contributed by atoms with E-state index in [9.17, 15) is 0 Å². The summed E-state index contributed by atoms with van der Waals surface area (Å²) >= 11 is 0. The number of likely N-dealkylation sites (N-methyl/N-ethyl adjacent to an activating group) is 1. The molecule has 17 heavy (non-hydrogen) atoms. The number of hydrogen-bond acceptors (Lipinski definition) is 3. The van der Waals surface area contributed by atoms with Crippen LogP contribution in [0.5, 0.6) is 11.5 Å². The van der Waals surface area contributed by atoms with Gasteiger partial charge in [0, 0.05) is 12.6 Å². The molecule has 94 valence electrons. The molecule has 0 radical (unpaired) electrons. The maximum absolute atomic E-state index is 5.38. The van der Waals surface area contributed by atoms with E-state index in [-0.39, 0.29) is 0 Å². The Hall–Kier alpha value is -1.22.